The highest BCUT2D eigenvalue weighted by molar-refractivity contribution is 5.74. The average molecular weight is 295 g/mol. The lowest BCUT2D eigenvalue weighted by Gasteiger charge is -2.35. The fraction of sp³-hybridized carbons (Fsp3) is 0.786. The first-order valence-corrected chi connectivity index (χ1v) is 7.78. The zero-order valence-electron chi connectivity index (χ0n) is 12.7. The van der Waals surface area contributed by atoms with Crippen LogP contribution in [0.25, 0.3) is 0 Å². The Hall–Kier alpha value is -1.63. The quantitative estimate of drug-likeness (QED) is 0.812. The number of carbonyl (C=O) groups is 1. The summed E-state index contributed by atoms with van der Waals surface area (Å²) in [6.07, 6.45) is 6.21. The second kappa shape index (κ2) is 7.97. The molecule has 21 heavy (non-hydrogen) atoms. The van der Waals surface area contributed by atoms with Crippen LogP contribution < -0.4 is 5.32 Å². The number of amides is 2. The van der Waals surface area contributed by atoms with Crippen molar-refractivity contribution in [3.05, 3.63) is 12.2 Å². The molecule has 0 bridgehead atoms. The van der Waals surface area contributed by atoms with Crippen molar-refractivity contribution in [3.63, 3.8) is 0 Å². The summed E-state index contributed by atoms with van der Waals surface area (Å²) in [5.74, 6) is 0.892. The molecule has 118 valence electrons. The molecule has 2 heterocycles. The number of hydrogen-bond donors (Lipinski definition) is 2. The molecular formula is C14H25N5O2. The van der Waals surface area contributed by atoms with Gasteiger partial charge in [-0.15, -0.1) is 10.2 Å². The number of urea groups is 1. The minimum atomic E-state index is -0.0317. The first-order valence-electron chi connectivity index (χ1n) is 7.78. The van der Waals surface area contributed by atoms with Crippen LogP contribution in [-0.2, 0) is 13.0 Å². The normalized spacial score (nSPS) is 18.8. The molecule has 0 aromatic carbocycles. The van der Waals surface area contributed by atoms with Gasteiger partial charge in [-0.25, -0.2) is 4.79 Å². The molecule has 0 spiro atoms. The SMILES string of the molecule is CCn1cnnc1CCNC(=O)N1CCCC[C@H]1CCO. The lowest BCUT2D eigenvalue weighted by atomic mass is 10.0. The number of likely N-dealkylation sites (tertiary alicyclic amines) is 1. The number of aryl methyl sites for hydroxylation is 1. The number of nitrogens with zero attached hydrogens (tertiary/aromatic N) is 4. The van der Waals surface area contributed by atoms with E-state index in [1.54, 1.807) is 6.33 Å². The van der Waals surface area contributed by atoms with Crippen molar-refractivity contribution in [1.29, 1.82) is 0 Å². The summed E-state index contributed by atoms with van der Waals surface area (Å²) in [6, 6.07) is 0.138. The van der Waals surface area contributed by atoms with Gasteiger partial charge in [-0.3, -0.25) is 0 Å². The second-order valence-corrected chi connectivity index (χ2v) is 5.37. The molecule has 7 heteroatoms. The van der Waals surface area contributed by atoms with Crippen molar-refractivity contribution in [3.8, 4) is 0 Å². The Bertz CT molecular complexity index is 446. The molecule has 7 nitrogen and oxygen atoms in total. The molecule has 1 aliphatic rings. The maximum absolute atomic E-state index is 12.3. The number of hydrogen-bond acceptors (Lipinski definition) is 4. The van der Waals surface area contributed by atoms with E-state index in [0.29, 0.717) is 19.4 Å². The van der Waals surface area contributed by atoms with Crippen molar-refractivity contribution in [2.45, 2.75) is 51.6 Å². The third-order valence-corrected chi connectivity index (χ3v) is 4.01. The van der Waals surface area contributed by atoms with E-state index in [0.717, 1.165) is 38.2 Å². The Labute approximate surface area is 125 Å². The molecule has 0 unspecified atom stereocenters. The first kappa shape index (κ1) is 15.8. The van der Waals surface area contributed by atoms with E-state index in [4.69, 9.17) is 5.11 Å². The number of nitrogens with one attached hydrogen (secondary N) is 1. The topological polar surface area (TPSA) is 83.3 Å². The lowest BCUT2D eigenvalue weighted by Crippen LogP contribution is -2.49. The maximum Gasteiger partial charge on any atom is 0.317 e. The summed E-state index contributed by atoms with van der Waals surface area (Å²) >= 11 is 0. The van der Waals surface area contributed by atoms with Gasteiger partial charge in [0.15, 0.2) is 0 Å². The van der Waals surface area contributed by atoms with Gasteiger partial charge < -0.3 is 19.9 Å². The molecule has 0 saturated carbocycles. The predicted octanol–water partition coefficient (Wildman–Crippen LogP) is 0.787. The van der Waals surface area contributed by atoms with E-state index in [2.05, 4.69) is 15.5 Å². The largest absolute Gasteiger partial charge is 0.396 e. The van der Waals surface area contributed by atoms with Crippen LogP contribution in [0.3, 0.4) is 0 Å². The summed E-state index contributed by atoms with van der Waals surface area (Å²) in [4.78, 5) is 14.1. The number of aromatic nitrogens is 3. The molecule has 0 radical (unpaired) electrons. The highest BCUT2D eigenvalue weighted by Crippen LogP contribution is 2.19. The van der Waals surface area contributed by atoms with E-state index in [1.165, 1.54) is 0 Å². The molecule has 1 atom stereocenters. The minimum Gasteiger partial charge on any atom is -0.396 e. The van der Waals surface area contributed by atoms with Gasteiger partial charge in [0.2, 0.25) is 0 Å². The smallest absolute Gasteiger partial charge is 0.317 e. The Morgan fingerprint density at radius 1 is 1.52 bits per heavy atom. The number of carbonyl (C=O) groups excluding carboxylic acids is 1. The van der Waals surface area contributed by atoms with Gasteiger partial charge in [0.1, 0.15) is 12.2 Å². The van der Waals surface area contributed by atoms with E-state index in [9.17, 15) is 4.79 Å². The summed E-state index contributed by atoms with van der Waals surface area (Å²) in [5, 5.41) is 20.0. The van der Waals surface area contributed by atoms with Gasteiger partial charge in [0, 0.05) is 38.7 Å². The van der Waals surface area contributed by atoms with Crippen LogP contribution in [0.5, 0.6) is 0 Å². The monoisotopic (exact) mass is 295 g/mol. The van der Waals surface area contributed by atoms with Crippen LogP contribution in [0.4, 0.5) is 4.79 Å². The molecule has 1 fully saturated rings. The highest BCUT2D eigenvalue weighted by atomic mass is 16.3. The lowest BCUT2D eigenvalue weighted by molar-refractivity contribution is 0.132. The maximum atomic E-state index is 12.3. The second-order valence-electron chi connectivity index (χ2n) is 5.37. The van der Waals surface area contributed by atoms with Crippen LogP contribution >= 0.6 is 0 Å². The Balaban J connectivity index is 1.80. The number of piperidine rings is 1. The van der Waals surface area contributed by atoms with Crippen molar-refractivity contribution < 1.29 is 9.90 Å². The fourth-order valence-electron chi connectivity index (χ4n) is 2.84. The van der Waals surface area contributed by atoms with Crippen LogP contribution in [-0.4, -0.2) is 56.5 Å². The van der Waals surface area contributed by atoms with Crippen LogP contribution in [0, 0.1) is 0 Å². The minimum absolute atomic E-state index is 0.0317. The third kappa shape index (κ3) is 4.17. The highest BCUT2D eigenvalue weighted by Gasteiger charge is 2.25. The van der Waals surface area contributed by atoms with Crippen LogP contribution in [0.15, 0.2) is 6.33 Å². The molecule has 1 aromatic heterocycles. The summed E-state index contributed by atoms with van der Waals surface area (Å²) < 4.78 is 1.97. The van der Waals surface area contributed by atoms with Gasteiger partial charge in [-0.05, 0) is 32.6 Å². The van der Waals surface area contributed by atoms with Crippen LogP contribution in [0.1, 0.15) is 38.4 Å². The number of aliphatic hydroxyl groups is 1. The van der Waals surface area contributed by atoms with E-state index in [-0.39, 0.29) is 18.7 Å². The molecule has 1 aliphatic heterocycles. The van der Waals surface area contributed by atoms with Crippen molar-refractivity contribution in [2.24, 2.45) is 0 Å². The molecule has 1 saturated heterocycles. The summed E-state index contributed by atoms with van der Waals surface area (Å²) in [5.41, 5.74) is 0. The molecular weight excluding hydrogens is 270 g/mol. The first-order chi connectivity index (χ1) is 10.3. The molecule has 1 aromatic rings. The standard InChI is InChI=1S/C14H25N5O2/c1-2-18-11-16-17-13(18)6-8-15-14(21)19-9-4-3-5-12(19)7-10-20/h11-12,20H,2-10H2,1H3,(H,15,21)/t12-/m0/s1. The molecule has 2 amide bonds. The fourth-order valence-corrected chi connectivity index (χ4v) is 2.84. The average Bonchev–Trinajstić information content (AvgIpc) is 2.95. The Morgan fingerprint density at radius 2 is 2.38 bits per heavy atom. The van der Waals surface area contributed by atoms with Crippen molar-refractivity contribution in [1.82, 2.24) is 25.0 Å². The molecule has 0 aliphatic carbocycles. The predicted molar refractivity (Wildman–Crippen MR) is 78.8 cm³/mol. The van der Waals surface area contributed by atoms with E-state index >= 15 is 0 Å². The van der Waals surface area contributed by atoms with Crippen molar-refractivity contribution in [2.75, 3.05) is 19.7 Å². The Kier molecular flexibility index (Phi) is 5.98. The van der Waals surface area contributed by atoms with Gasteiger partial charge >= 0.3 is 6.03 Å². The van der Waals surface area contributed by atoms with E-state index < -0.39 is 0 Å². The summed E-state index contributed by atoms with van der Waals surface area (Å²) in [7, 11) is 0. The third-order valence-electron chi connectivity index (χ3n) is 4.01. The van der Waals surface area contributed by atoms with Gasteiger partial charge in [-0.1, -0.05) is 0 Å². The molecule has 2 N–H and O–H groups in total. The molecule has 2 rings (SSSR count). The van der Waals surface area contributed by atoms with Crippen LogP contribution in [0.2, 0.25) is 0 Å². The zero-order chi connectivity index (χ0) is 15.1. The van der Waals surface area contributed by atoms with Gasteiger partial charge in [0.25, 0.3) is 0 Å². The van der Waals surface area contributed by atoms with Crippen molar-refractivity contribution >= 4 is 6.03 Å². The summed E-state index contributed by atoms with van der Waals surface area (Å²) in [6.45, 7) is 4.34. The van der Waals surface area contributed by atoms with E-state index in [1.807, 2.05) is 16.4 Å². The zero-order valence-corrected chi connectivity index (χ0v) is 12.7. The Morgan fingerprint density at radius 3 is 3.14 bits per heavy atom. The number of aliphatic hydroxyl groups excluding tert-OH is 1. The number of rotatable bonds is 6. The van der Waals surface area contributed by atoms with Gasteiger partial charge in [0.05, 0.1) is 0 Å². The van der Waals surface area contributed by atoms with Gasteiger partial charge in [-0.2, -0.15) is 0 Å².